The minimum absolute atomic E-state index is 0.183. The van der Waals surface area contributed by atoms with Gasteiger partial charge in [0.1, 0.15) is 0 Å². The quantitative estimate of drug-likeness (QED) is 0.0897. The molecule has 0 heterocycles. The van der Waals surface area contributed by atoms with Gasteiger partial charge in [-0.15, -0.1) is 0 Å². The largest absolute Gasteiger partial charge is 0.377 e. The van der Waals surface area contributed by atoms with E-state index in [9.17, 15) is 4.57 Å². The Kier molecular flexibility index (Phi) is 24.0. The third-order valence-electron chi connectivity index (χ3n) is 7.44. The van der Waals surface area contributed by atoms with Crippen LogP contribution < -0.4 is 0 Å². The van der Waals surface area contributed by atoms with E-state index in [-0.39, 0.29) is 11.8 Å². The van der Waals surface area contributed by atoms with Gasteiger partial charge in [-0.3, -0.25) is 0 Å². The maximum absolute atomic E-state index is 12.7. The van der Waals surface area contributed by atoms with E-state index in [0.717, 1.165) is 19.4 Å². The molecule has 0 aromatic carbocycles. The monoisotopic (exact) mass is 486 g/mol. The average molecular weight is 487 g/mol. The smallest absolute Gasteiger partial charge is 0.0871 e. The lowest BCUT2D eigenvalue weighted by molar-refractivity contribution is 0.0425. The summed E-state index contributed by atoms with van der Waals surface area (Å²) in [5, 5.41) is 0. The van der Waals surface area contributed by atoms with Gasteiger partial charge in [0.05, 0.1) is 13.2 Å². The van der Waals surface area contributed by atoms with Crippen molar-refractivity contribution in [1.82, 2.24) is 0 Å². The lowest BCUT2D eigenvalue weighted by atomic mass is 10.0. The molecule has 0 aliphatic carbocycles. The highest BCUT2D eigenvalue weighted by molar-refractivity contribution is 7.63. The summed E-state index contributed by atoms with van der Waals surface area (Å²) in [6.07, 6.45) is 29.9. The average Bonchev–Trinajstić information content (AvgIpc) is 2.78. The van der Waals surface area contributed by atoms with Gasteiger partial charge in [0.15, 0.2) is 0 Å². The number of hydrogen-bond acceptors (Lipinski definition) is 2. The molecule has 0 aromatic heterocycles. The highest BCUT2D eigenvalue weighted by atomic mass is 31.2. The van der Waals surface area contributed by atoms with Crippen LogP contribution in [0.2, 0.25) is 0 Å². The van der Waals surface area contributed by atoms with E-state index in [4.69, 9.17) is 4.74 Å². The molecule has 2 nitrogen and oxygen atoms in total. The fraction of sp³-hybridized carbons (Fsp3) is 1.00. The molecule has 0 bridgehead atoms. The Bertz CT molecular complexity index is 405. The first-order chi connectivity index (χ1) is 15.9. The van der Waals surface area contributed by atoms with Gasteiger partial charge in [0, 0.05) is 12.3 Å². The summed E-state index contributed by atoms with van der Waals surface area (Å²) in [5.74, 6) is 0. The van der Waals surface area contributed by atoms with Crippen LogP contribution in [-0.2, 0) is 9.30 Å². The maximum atomic E-state index is 12.7. The third kappa shape index (κ3) is 22.4. The zero-order valence-electron chi connectivity index (χ0n) is 23.7. The first-order valence-corrected chi connectivity index (χ1v) is 17.8. The number of hydrogen-bond donors (Lipinski definition) is 0. The standard InChI is InChI=1S/C30H63O2P/c1-6-8-10-12-14-16-18-19-21-23-25-27-30(29(3)33(4,5)31)32-28-26-24-22-20-17-15-13-11-9-7-2/h29-30H,6-28H2,1-5H3. The molecule has 0 N–H and O–H groups in total. The van der Waals surface area contributed by atoms with Gasteiger partial charge in [-0.25, -0.2) is 0 Å². The first kappa shape index (κ1) is 33.2. The lowest BCUT2D eigenvalue weighted by Gasteiger charge is -2.27. The molecule has 0 rings (SSSR count). The molecule has 33 heavy (non-hydrogen) atoms. The Morgan fingerprint density at radius 1 is 0.545 bits per heavy atom. The zero-order valence-corrected chi connectivity index (χ0v) is 24.6. The van der Waals surface area contributed by atoms with Crippen molar-refractivity contribution in [3.63, 3.8) is 0 Å². The molecule has 0 aliphatic heterocycles. The van der Waals surface area contributed by atoms with Crippen LogP contribution in [-0.4, -0.2) is 31.7 Å². The van der Waals surface area contributed by atoms with Crippen LogP contribution in [0.3, 0.4) is 0 Å². The van der Waals surface area contributed by atoms with Crippen LogP contribution in [0.4, 0.5) is 0 Å². The Morgan fingerprint density at radius 2 is 0.879 bits per heavy atom. The summed E-state index contributed by atoms with van der Waals surface area (Å²) >= 11 is 0. The molecule has 0 spiro atoms. The van der Waals surface area contributed by atoms with Gasteiger partial charge < -0.3 is 9.30 Å². The zero-order chi connectivity index (χ0) is 24.6. The van der Waals surface area contributed by atoms with Crippen molar-refractivity contribution in [3.05, 3.63) is 0 Å². The maximum Gasteiger partial charge on any atom is 0.0871 e. The predicted molar refractivity (Wildman–Crippen MR) is 152 cm³/mol. The lowest BCUT2D eigenvalue weighted by Crippen LogP contribution is -2.27. The van der Waals surface area contributed by atoms with Crippen molar-refractivity contribution in [1.29, 1.82) is 0 Å². The number of unbranched alkanes of at least 4 members (excludes halogenated alkanes) is 19. The van der Waals surface area contributed by atoms with E-state index in [1.807, 2.05) is 13.3 Å². The fourth-order valence-corrected chi connectivity index (χ4v) is 5.73. The second-order valence-corrected chi connectivity index (χ2v) is 14.8. The summed E-state index contributed by atoms with van der Waals surface area (Å²) in [7, 11) is -2.10. The molecular formula is C30H63O2P. The normalized spacial score (nSPS) is 14.0. The van der Waals surface area contributed by atoms with E-state index in [2.05, 4.69) is 20.8 Å². The third-order valence-corrected chi connectivity index (χ3v) is 9.74. The van der Waals surface area contributed by atoms with Gasteiger partial charge in [0.25, 0.3) is 0 Å². The van der Waals surface area contributed by atoms with Crippen molar-refractivity contribution in [2.75, 3.05) is 19.9 Å². The summed E-state index contributed by atoms with van der Waals surface area (Å²) in [5.41, 5.74) is 0.184. The van der Waals surface area contributed by atoms with Gasteiger partial charge in [0.2, 0.25) is 0 Å². The van der Waals surface area contributed by atoms with Crippen LogP contribution in [0.5, 0.6) is 0 Å². The molecule has 0 aromatic rings. The van der Waals surface area contributed by atoms with Gasteiger partial charge in [-0.1, -0.05) is 149 Å². The first-order valence-electron chi connectivity index (χ1n) is 15.1. The summed E-state index contributed by atoms with van der Waals surface area (Å²) < 4.78 is 19.0. The van der Waals surface area contributed by atoms with Crippen LogP contribution in [0, 0.1) is 0 Å². The van der Waals surface area contributed by atoms with E-state index in [1.165, 1.54) is 128 Å². The molecule has 2 atom stereocenters. The molecule has 3 heteroatoms. The molecule has 0 fully saturated rings. The molecule has 2 unspecified atom stereocenters. The van der Waals surface area contributed by atoms with Crippen molar-refractivity contribution in [2.45, 2.75) is 174 Å². The van der Waals surface area contributed by atoms with E-state index in [0.29, 0.717) is 0 Å². The van der Waals surface area contributed by atoms with E-state index >= 15 is 0 Å². The van der Waals surface area contributed by atoms with E-state index in [1.54, 1.807) is 0 Å². The Morgan fingerprint density at radius 3 is 1.24 bits per heavy atom. The van der Waals surface area contributed by atoms with Crippen molar-refractivity contribution < 1.29 is 9.30 Å². The topological polar surface area (TPSA) is 26.3 Å². The van der Waals surface area contributed by atoms with Crippen molar-refractivity contribution >= 4 is 7.14 Å². The minimum Gasteiger partial charge on any atom is -0.377 e. The highest BCUT2D eigenvalue weighted by Gasteiger charge is 2.27. The van der Waals surface area contributed by atoms with E-state index < -0.39 is 7.14 Å². The Labute approximate surface area is 210 Å². The summed E-state index contributed by atoms with van der Waals surface area (Å²) in [6.45, 7) is 11.5. The number of rotatable bonds is 26. The van der Waals surface area contributed by atoms with Crippen LogP contribution in [0.25, 0.3) is 0 Å². The Balaban J connectivity index is 3.85. The van der Waals surface area contributed by atoms with Gasteiger partial charge >= 0.3 is 0 Å². The fourth-order valence-electron chi connectivity index (χ4n) is 4.70. The molecular weight excluding hydrogens is 423 g/mol. The molecule has 0 saturated carbocycles. The highest BCUT2D eigenvalue weighted by Crippen LogP contribution is 2.45. The molecule has 200 valence electrons. The minimum atomic E-state index is -2.10. The molecule has 0 saturated heterocycles. The second-order valence-electron chi connectivity index (χ2n) is 11.1. The summed E-state index contributed by atoms with van der Waals surface area (Å²) in [4.78, 5) is 0. The SMILES string of the molecule is CCCCCCCCCCCCCC(OCCCCCCCCCCCC)C(C)P(C)(C)=O. The molecule has 0 amide bonds. The van der Waals surface area contributed by atoms with Crippen LogP contribution in [0.1, 0.15) is 162 Å². The van der Waals surface area contributed by atoms with Gasteiger partial charge in [-0.05, 0) is 26.2 Å². The van der Waals surface area contributed by atoms with Crippen molar-refractivity contribution in [3.8, 4) is 0 Å². The second kappa shape index (κ2) is 23.9. The van der Waals surface area contributed by atoms with Crippen LogP contribution in [0.15, 0.2) is 0 Å². The molecule has 0 aliphatic rings. The van der Waals surface area contributed by atoms with Gasteiger partial charge in [-0.2, -0.15) is 0 Å². The predicted octanol–water partition coefficient (Wildman–Crippen LogP) is 11.0. The summed E-state index contributed by atoms with van der Waals surface area (Å²) in [6, 6.07) is 0. The van der Waals surface area contributed by atoms with Crippen molar-refractivity contribution in [2.24, 2.45) is 0 Å². The van der Waals surface area contributed by atoms with Crippen LogP contribution >= 0.6 is 7.14 Å². The Hall–Kier alpha value is 0.190. The molecule has 0 radical (unpaired) electrons. The number of ether oxygens (including phenoxy) is 1.